The average Bonchev–Trinajstić information content (AvgIpc) is 2.55. The van der Waals surface area contributed by atoms with E-state index < -0.39 is 27.4 Å². The van der Waals surface area contributed by atoms with Gasteiger partial charge in [-0.05, 0) is 63.1 Å². The van der Waals surface area contributed by atoms with E-state index in [9.17, 15) is 9.90 Å². The Morgan fingerprint density at radius 2 is 2.15 bits per heavy atom. The molecule has 7 heteroatoms. The molecule has 0 amide bonds. The number of ether oxygens (including phenoxy) is 3. The van der Waals surface area contributed by atoms with Crippen LogP contribution in [0, 0.1) is 18.3 Å². The molecule has 154 valence electrons. The number of terminal acetylenes is 1. The van der Waals surface area contributed by atoms with Crippen LogP contribution in [0.15, 0.2) is 11.6 Å². The molecule has 0 unspecified atom stereocenters. The van der Waals surface area contributed by atoms with Crippen molar-refractivity contribution in [1.82, 2.24) is 5.32 Å². The van der Waals surface area contributed by atoms with Gasteiger partial charge < -0.3 is 19.3 Å². The van der Waals surface area contributed by atoms with Gasteiger partial charge >= 0.3 is 5.97 Å². The van der Waals surface area contributed by atoms with E-state index >= 15 is 0 Å². The van der Waals surface area contributed by atoms with Crippen molar-refractivity contribution in [2.24, 2.45) is 5.92 Å². The van der Waals surface area contributed by atoms with Crippen LogP contribution in [0.25, 0.3) is 0 Å². The lowest BCUT2D eigenvalue weighted by Gasteiger charge is -2.50. The Balaban J connectivity index is 2.93. The maximum Gasteiger partial charge on any atom is 0.320 e. The summed E-state index contributed by atoms with van der Waals surface area (Å²) in [6.45, 7) is 8.66. The van der Waals surface area contributed by atoms with Crippen LogP contribution in [0.1, 0.15) is 40.5 Å². The zero-order chi connectivity index (χ0) is 20.7. The van der Waals surface area contributed by atoms with Crippen LogP contribution in [-0.2, 0) is 19.0 Å². The first-order valence-corrected chi connectivity index (χ1v) is 10.2. The predicted molar refractivity (Wildman–Crippen MR) is 114 cm³/mol. The smallest absolute Gasteiger partial charge is 0.320 e. The highest BCUT2D eigenvalue weighted by atomic mass is 127. The van der Waals surface area contributed by atoms with E-state index in [4.69, 9.17) is 20.6 Å². The van der Waals surface area contributed by atoms with Crippen molar-refractivity contribution >= 4 is 28.6 Å². The second-order valence-electron chi connectivity index (χ2n) is 7.57. The molecule has 0 aromatic rings. The second-order valence-corrected chi connectivity index (χ2v) is 9.44. The number of nitrogens with one attached hydrogen (secondary N) is 1. The molecule has 1 aliphatic rings. The number of carbonyl (C=O) groups excluding carboxylic acids is 1. The molecule has 1 rings (SSSR count). The van der Waals surface area contributed by atoms with E-state index in [2.05, 4.69) is 33.8 Å². The summed E-state index contributed by atoms with van der Waals surface area (Å²) in [5.74, 6) is 1.64. The van der Waals surface area contributed by atoms with E-state index in [0.717, 1.165) is 5.57 Å². The van der Waals surface area contributed by atoms with Gasteiger partial charge in [-0.2, -0.15) is 0 Å². The maximum atomic E-state index is 12.1. The highest BCUT2D eigenvalue weighted by molar-refractivity contribution is 14.1. The standard InChI is InChI=1S/C20H32INO5/c1-7-11-22-13-16(23)27-15-8-10-20(21,24)18(17(15)25-6)19(4,5)26-12-9-14(2)3/h1,9,15,17-18,22,24H,8,10-13H2,2-6H3/t15-,17-,18-,20-/m1/s1. The molecule has 0 saturated heterocycles. The molecule has 0 aromatic heterocycles. The van der Waals surface area contributed by atoms with Crippen LogP contribution in [0.2, 0.25) is 0 Å². The molecule has 0 radical (unpaired) electrons. The number of alkyl halides is 1. The van der Waals surface area contributed by atoms with Gasteiger partial charge in [0.2, 0.25) is 0 Å². The Morgan fingerprint density at radius 1 is 1.48 bits per heavy atom. The molecule has 0 aromatic carbocycles. The van der Waals surface area contributed by atoms with E-state index in [1.54, 1.807) is 7.11 Å². The Kier molecular flexibility index (Phi) is 9.72. The van der Waals surface area contributed by atoms with Gasteiger partial charge in [0.05, 0.1) is 31.2 Å². The van der Waals surface area contributed by atoms with Crippen LogP contribution < -0.4 is 5.32 Å². The quantitative estimate of drug-likeness (QED) is 0.128. The van der Waals surface area contributed by atoms with E-state index in [0.29, 0.717) is 26.0 Å². The molecule has 6 nitrogen and oxygen atoms in total. The van der Waals surface area contributed by atoms with Crippen molar-refractivity contribution in [1.29, 1.82) is 0 Å². The molecule has 27 heavy (non-hydrogen) atoms. The van der Waals surface area contributed by atoms with Crippen LogP contribution in [0.4, 0.5) is 0 Å². The minimum Gasteiger partial charge on any atom is -0.459 e. The van der Waals surface area contributed by atoms with Gasteiger partial charge in [0.25, 0.3) is 0 Å². The highest BCUT2D eigenvalue weighted by Crippen LogP contribution is 2.47. The molecule has 0 bridgehead atoms. The number of rotatable bonds is 9. The predicted octanol–water partition coefficient (Wildman–Crippen LogP) is 2.43. The van der Waals surface area contributed by atoms with E-state index in [-0.39, 0.29) is 12.5 Å². The zero-order valence-corrected chi connectivity index (χ0v) is 19.0. The van der Waals surface area contributed by atoms with Crippen LogP contribution in [0.3, 0.4) is 0 Å². The largest absolute Gasteiger partial charge is 0.459 e. The number of halogens is 1. The first kappa shape index (κ1) is 24.4. The van der Waals surface area contributed by atoms with Crippen LogP contribution in [0.5, 0.6) is 0 Å². The minimum absolute atomic E-state index is 0.0385. The Hall–Kier alpha value is -0.660. The number of allylic oxidation sites excluding steroid dienone is 1. The van der Waals surface area contributed by atoms with Gasteiger partial charge in [0.15, 0.2) is 0 Å². The Bertz CT molecular complexity index is 563. The first-order valence-electron chi connectivity index (χ1n) is 9.10. The summed E-state index contributed by atoms with van der Waals surface area (Å²) in [6.07, 6.45) is 7.20. The number of aliphatic hydroxyl groups is 1. The van der Waals surface area contributed by atoms with E-state index in [1.807, 2.05) is 33.8 Å². The Morgan fingerprint density at radius 3 is 2.70 bits per heavy atom. The lowest BCUT2D eigenvalue weighted by molar-refractivity contribution is -0.202. The van der Waals surface area contributed by atoms with Crippen molar-refractivity contribution in [2.75, 3.05) is 26.8 Å². The third kappa shape index (κ3) is 7.35. The number of hydrogen-bond acceptors (Lipinski definition) is 6. The van der Waals surface area contributed by atoms with Crippen LogP contribution in [-0.4, -0.2) is 59.3 Å². The summed E-state index contributed by atoms with van der Waals surface area (Å²) in [6, 6.07) is 0. The molecule has 0 aliphatic heterocycles. The molecule has 1 aliphatic carbocycles. The van der Waals surface area contributed by atoms with Crippen molar-refractivity contribution in [3.63, 3.8) is 0 Å². The molecule has 0 spiro atoms. The third-order valence-corrected chi connectivity index (χ3v) is 5.91. The summed E-state index contributed by atoms with van der Waals surface area (Å²) in [5.41, 5.74) is 0.476. The minimum atomic E-state index is -1.03. The van der Waals surface area contributed by atoms with Crippen LogP contribution >= 0.6 is 22.6 Å². The van der Waals surface area contributed by atoms with Gasteiger partial charge in [0, 0.05) is 7.11 Å². The fraction of sp³-hybridized carbons (Fsp3) is 0.750. The molecule has 1 fully saturated rings. The lowest BCUT2D eigenvalue weighted by atomic mass is 9.73. The fourth-order valence-corrected chi connectivity index (χ4v) is 4.85. The number of hydrogen-bond donors (Lipinski definition) is 2. The monoisotopic (exact) mass is 493 g/mol. The maximum absolute atomic E-state index is 12.1. The van der Waals surface area contributed by atoms with Crippen molar-refractivity contribution in [3.8, 4) is 12.3 Å². The second kappa shape index (κ2) is 10.8. The van der Waals surface area contributed by atoms with Gasteiger partial charge in [-0.25, -0.2) is 0 Å². The molecular weight excluding hydrogens is 461 g/mol. The number of esters is 1. The summed E-state index contributed by atoms with van der Waals surface area (Å²) >= 11 is 2.06. The molecule has 0 heterocycles. The number of carbonyl (C=O) groups is 1. The van der Waals surface area contributed by atoms with Crippen molar-refractivity contribution in [2.45, 2.75) is 62.0 Å². The summed E-state index contributed by atoms with van der Waals surface area (Å²) in [7, 11) is 1.57. The molecule has 1 saturated carbocycles. The molecule has 4 atom stereocenters. The van der Waals surface area contributed by atoms with Gasteiger partial charge in [-0.1, -0.05) is 17.6 Å². The van der Waals surface area contributed by atoms with Gasteiger partial charge in [-0.3, -0.25) is 10.1 Å². The zero-order valence-electron chi connectivity index (χ0n) is 16.9. The highest BCUT2D eigenvalue weighted by Gasteiger charge is 2.55. The van der Waals surface area contributed by atoms with Crippen molar-refractivity contribution in [3.05, 3.63) is 11.6 Å². The Labute approximate surface area is 176 Å². The lowest BCUT2D eigenvalue weighted by Crippen LogP contribution is -2.60. The molecular formula is C20H32INO5. The first-order chi connectivity index (χ1) is 12.5. The topological polar surface area (TPSA) is 77.0 Å². The summed E-state index contributed by atoms with van der Waals surface area (Å²) in [4.78, 5) is 12.1. The third-order valence-electron chi connectivity index (χ3n) is 4.70. The van der Waals surface area contributed by atoms with Gasteiger partial charge in [0.1, 0.15) is 15.8 Å². The molecule has 2 N–H and O–H groups in total. The fourth-order valence-electron chi connectivity index (χ4n) is 3.43. The summed E-state index contributed by atoms with van der Waals surface area (Å²) < 4.78 is 16.4. The number of methoxy groups -OCH3 is 1. The van der Waals surface area contributed by atoms with Gasteiger partial charge in [-0.15, -0.1) is 6.42 Å². The normalized spacial score (nSPS) is 28.3. The van der Waals surface area contributed by atoms with E-state index in [1.165, 1.54) is 0 Å². The SMILES string of the molecule is C#CCNCC(=O)O[C@@H]1CC[C@](O)(I)[C@@H](C(C)(C)OCC=C(C)C)[C@@H]1OC. The summed E-state index contributed by atoms with van der Waals surface area (Å²) in [5, 5.41) is 13.9. The average molecular weight is 493 g/mol. The van der Waals surface area contributed by atoms with Crippen molar-refractivity contribution < 1.29 is 24.1 Å².